The predicted octanol–water partition coefficient (Wildman–Crippen LogP) is -4.89. The molecular formula is C6H13BaO9P. The van der Waals surface area contributed by atoms with Gasteiger partial charge in [0.15, 0.2) is 0 Å². The third-order valence-corrected chi connectivity index (χ3v) is 2.50. The van der Waals surface area contributed by atoms with Gasteiger partial charge in [-0.2, -0.15) is 0 Å². The molecule has 0 aromatic heterocycles. The second-order valence-corrected chi connectivity index (χ2v) is 4.27. The van der Waals surface area contributed by atoms with Crippen LogP contribution in [0.2, 0.25) is 0 Å². The van der Waals surface area contributed by atoms with E-state index in [0.29, 0.717) is 0 Å². The molecule has 9 nitrogen and oxygen atoms in total. The van der Waals surface area contributed by atoms with Crippen LogP contribution in [0.15, 0.2) is 0 Å². The van der Waals surface area contributed by atoms with Gasteiger partial charge in [0.2, 0.25) is 0 Å². The van der Waals surface area contributed by atoms with Crippen LogP contribution in [-0.2, 0) is 13.8 Å². The van der Waals surface area contributed by atoms with Crippen molar-refractivity contribution in [3.05, 3.63) is 0 Å². The Labute approximate surface area is 137 Å². The topological polar surface area (TPSA) is 174 Å². The number of phosphoric acid groups is 1. The van der Waals surface area contributed by atoms with Crippen molar-refractivity contribution in [1.82, 2.24) is 0 Å². The van der Waals surface area contributed by atoms with Crippen LogP contribution in [-0.4, -0.2) is 107 Å². The average molecular weight is 397 g/mol. The summed E-state index contributed by atoms with van der Waals surface area (Å²) in [6, 6.07) is 0. The molecule has 0 aromatic carbocycles. The third-order valence-electron chi connectivity index (χ3n) is 2.04. The molecule has 0 amide bonds. The average Bonchev–Trinajstić information content (AvgIpc) is 2.40. The van der Waals surface area contributed by atoms with Gasteiger partial charge in [-0.1, -0.05) is 0 Å². The minimum atomic E-state index is -5.13. The van der Waals surface area contributed by atoms with E-state index in [-0.39, 0.29) is 54.4 Å². The number of rotatable bonds is 4. The number of aliphatic hydroxyl groups is 3. The molecule has 0 saturated carbocycles. The van der Waals surface area contributed by atoms with E-state index in [1.807, 2.05) is 0 Å². The van der Waals surface area contributed by atoms with Gasteiger partial charge in [0.25, 0.3) is 0 Å². The zero-order valence-corrected chi connectivity index (χ0v) is 14.1. The Morgan fingerprint density at radius 1 is 1.24 bits per heavy atom. The van der Waals surface area contributed by atoms with Gasteiger partial charge in [-0.3, -0.25) is 0 Å². The van der Waals surface area contributed by atoms with Crippen molar-refractivity contribution in [3.63, 3.8) is 0 Å². The first-order chi connectivity index (χ1) is 6.85. The summed E-state index contributed by atoms with van der Waals surface area (Å²) in [5.41, 5.74) is 0. The molecule has 1 rings (SSSR count). The van der Waals surface area contributed by atoms with Crippen molar-refractivity contribution in [3.8, 4) is 0 Å². The molecule has 5 N–H and O–H groups in total. The van der Waals surface area contributed by atoms with Crippen LogP contribution in [0, 0.1) is 0 Å². The number of ether oxygens (including phenoxy) is 1. The second-order valence-electron chi connectivity index (χ2n) is 3.12. The Morgan fingerprint density at radius 3 is 2.06 bits per heavy atom. The van der Waals surface area contributed by atoms with Crippen LogP contribution in [0.5, 0.6) is 0 Å². The van der Waals surface area contributed by atoms with Gasteiger partial charge in [0.05, 0.1) is 21.0 Å². The van der Waals surface area contributed by atoms with Crippen molar-refractivity contribution in [1.29, 1.82) is 0 Å². The summed E-state index contributed by atoms with van der Waals surface area (Å²) >= 11 is 0. The van der Waals surface area contributed by atoms with Crippen LogP contribution < -0.4 is 9.79 Å². The van der Waals surface area contributed by atoms with Gasteiger partial charge in [-0.15, -0.1) is 0 Å². The maximum atomic E-state index is 10.1. The van der Waals surface area contributed by atoms with E-state index in [9.17, 15) is 24.6 Å². The molecule has 1 saturated heterocycles. The number of hydrogen-bond acceptors (Lipinski definition) is 8. The molecule has 0 bridgehead atoms. The summed E-state index contributed by atoms with van der Waals surface area (Å²) < 4.78 is 18.9. The van der Waals surface area contributed by atoms with Crippen molar-refractivity contribution in [2.75, 3.05) is 13.2 Å². The Bertz CT molecular complexity index is 258. The van der Waals surface area contributed by atoms with Gasteiger partial charge in [0, 0.05) is 0 Å². The second kappa shape index (κ2) is 8.61. The van der Waals surface area contributed by atoms with Crippen molar-refractivity contribution in [2.24, 2.45) is 0 Å². The monoisotopic (exact) mass is 398 g/mol. The minimum absolute atomic E-state index is 0. The fourth-order valence-electron chi connectivity index (χ4n) is 1.28. The SMILES string of the molecule is O.O=P([O-])([O-])OCC1OC(CO)C(O)C1O.[Ba+2]. The van der Waals surface area contributed by atoms with Crippen LogP contribution in [0.3, 0.4) is 0 Å². The Kier molecular flexibility index (Phi) is 10.5. The van der Waals surface area contributed by atoms with E-state index >= 15 is 0 Å². The smallest absolute Gasteiger partial charge is 0.790 e. The van der Waals surface area contributed by atoms with Crippen molar-refractivity contribution >= 4 is 56.7 Å². The first-order valence-corrected chi connectivity index (χ1v) is 5.60. The molecule has 1 heterocycles. The molecule has 0 spiro atoms. The first-order valence-electron chi connectivity index (χ1n) is 4.14. The normalized spacial score (nSPS) is 32.8. The Hall–Kier alpha value is 1.48. The fraction of sp³-hybridized carbons (Fsp3) is 1.00. The molecule has 1 fully saturated rings. The fourth-order valence-corrected chi connectivity index (χ4v) is 1.61. The first kappa shape index (κ1) is 20.8. The van der Waals surface area contributed by atoms with Gasteiger partial charge in [-0.25, -0.2) is 0 Å². The van der Waals surface area contributed by atoms with Gasteiger partial charge >= 0.3 is 48.9 Å². The molecular weight excluding hydrogens is 384 g/mol. The molecule has 4 unspecified atom stereocenters. The van der Waals surface area contributed by atoms with Crippen molar-refractivity contribution < 1.29 is 44.4 Å². The molecule has 0 aromatic rings. The Balaban J connectivity index is 0. The molecule has 1 aliphatic heterocycles. The van der Waals surface area contributed by atoms with Crippen molar-refractivity contribution in [2.45, 2.75) is 24.4 Å². The maximum absolute atomic E-state index is 10.1. The van der Waals surface area contributed by atoms with E-state index in [1.165, 1.54) is 0 Å². The molecule has 17 heavy (non-hydrogen) atoms. The van der Waals surface area contributed by atoms with Crippen LogP contribution >= 0.6 is 7.82 Å². The van der Waals surface area contributed by atoms with E-state index in [4.69, 9.17) is 9.84 Å². The van der Waals surface area contributed by atoms with Crippen LogP contribution in [0.25, 0.3) is 0 Å². The molecule has 1 aliphatic rings. The van der Waals surface area contributed by atoms with E-state index < -0.39 is 45.5 Å². The largest absolute Gasteiger partial charge is 2.00 e. The molecule has 98 valence electrons. The van der Waals surface area contributed by atoms with Gasteiger partial charge in [-0.05, 0) is 0 Å². The standard InChI is InChI=1S/C6H13O8P.Ba.H2O/c7-1-3-5(8)6(9)4(14-3)2-13-15(10,11)12;;/h3-9H,1-2H2,(H2,10,11,12);;1H2/q;+2;/p-2. The predicted molar refractivity (Wildman–Crippen MR) is 50.7 cm³/mol. The van der Waals surface area contributed by atoms with Gasteiger partial charge < -0.3 is 44.4 Å². The van der Waals surface area contributed by atoms with Crippen LogP contribution in [0.4, 0.5) is 0 Å². The zero-order chi connectivity index (χ0) is 11.6. The summed E-state index contributed by atoms with van der Waals surface area (Å²) in [5.74, 6) is 0. The summed E-state index contributed by atoms with van der Waals surface area (Å²) in [4.78, 5) is 20.3. The maximum Gasteiger partial charge on any atom is 2.00 e. The molecule has 0 radical (unpaired) electrons. The summed E-state index contributed by atoms with van der Waals surface area (Å²) in [5, 5.41) is 27.2. The molecule has 11 heteroatoms. The van der Waals surface area contributed by atoms with E-state index in [1.54, 1.807) is 0 Å². The summed E-state index contributed by atoms with van der Waals surface area (Å²) in [7, 11) is -5.13. The number of hydrogen-bond donors (Lipinski definition) is 3. The quantitative estimate of drug-likeness (QED) is 0.312. The summed E-state index contributed by atoms with van der Waals surface area (Å²) in [6.45, 7) is -1.21. The molecule has 4 atom stereocenters. The van der Waals surface area contributed by atoms with E-state index in [2.05, 4.69) is 4.52 Å². The minimum Gasteiger partial charge on any atom is -0.790 e. The third kappa shape index (κ3) is 6.45. The van der Waals surface area contributed by atoms with Gasteiger partial charge in [0.1, 0.15) is 24.4 Å². The number of phosphoric ester groups is 1. The Morgan fingerprint density at radius 2 is 1.71 bits per heavy atom. The number of aliphatic hydroxyl groups excluding tert-OH is 3. The summed E-state index contributed by atoms with van der Waals surface area (Å²) in [6.07, 6.45) is -4.88. The molecule has 0 aliphatic carbocycles. The zero-order valence-electron chi connectivity index (χ0n) is 8.76. The van der Waals surface area contributed by atoms with Crippen LogP contribution in [0.1, 0.15) is 0 Å². The van der Waals surface area contributed by atoms with E-state index in [0.717, 1.165) is 0 Å².